The third-order valence-electron chi connectivity index (χ3n) is 3.98. The summed E-state index contributed by atoms with van der Waals surface area (Å²) >= 11 is 1.60. The number of aryl methyl sites for hydroxylation is 1. The first-order valence-electron chi connectivity index (χ1n) is 6.38. The third-order valence-corrected chi connectivity index (χ3v) is 4.94. The lowest BCUT2D eigenvalue weighted by molar-refractivity contribution is -0.149. The Morgan fingerprint density at radius 2 is 1.95 bits per heavy atom. The van der Waals surface area contributed by atoms with Crippen LogP contribution < -0.4 is 5.32 Å². The Balaban J connectivity index is 2.44. The minimum atomic E-state index is -0.935. The van der Waals surface area contributed by atoms with Gasteiger partial charge < -0.3 is 10.4 Å². The highest BCUT2D eigenvalue weighted by molar-refractivity contribution is 7.18. The van der Waals surface area contributed by atoms with Crippen LogP contribution in [0.2, 0.25) is 0 Å². The molecule has 0 amide bonds. The highest BCUT2D eigenvalue weighted by atomic mass is 32.1. The lowest BCUT2D eigenvalue weighted by Crippen LogP contribution is -2.50. The van der Waals surface area contributed by atoms with Crippen molar-refractivity contribution in [2.24, 2.45) is 5.41 Å². The Morgan fingerprint density at radius 1 is 1.30 bits per heavy atom. The Hall–Kier alpha value is -1.69. The predicted molar refractivity (Wildman–Crippen MR) is 81.3 cm³/mol. The zero-order valence-electron chi connectivity index (χ0n) is 12.3. The van der Waals surface area contributed by atoms with Crippen LogP contribution in [-0.2, 0) is 4.79 Å². The van der Waals surface area contributed by atoms with Gasteiger partial charge in [-0.2, -0.15) is 0 Å². The van der Waals surface area contributed by atoms with Crippen LogP contribution in [0.1, 0.15) is 32.6 Å². The van der Waals surface area contributed by atoms with Gasteiger partial charge in [-0.05, 0) is 40.7 Å². The maximum atomic E-state index is 11.5. The fourth-order valence-corrected chi connectivity index (χ4v) is 2.64. The summed E-state index contributed by atoms with van der Waals surface area (Å²) in [4.78, 5) is 22.0. The van der Waals surface area contributed by atoms with Crippen LogP contribution in [-0.4, -0.2) is 26.6 Å². The Morgan fingerprint density at radius 3 is 2.55 bits per heavy atom. The minimum Gasteiger partial charge on any atom is -0.481 e. The second-order valence-electron chi connectivity index (χ2n) is 5.98. The smallest absolute Gasteiger partial charge is 0.311 e. The van der Waals surface area contributed by atoms with Gasteiger partial charge >= 0.3 is 5.97 Å². The van der Waals surface area contributed by atoms with Crippen LogP contribution >= 0.6 is 11.3 Å². The van der Waals surface area contributed by atoms with Crippen LogP contribution in [0.15, 0.2) is 12.4 Å². The van der Waals surface area contributed by atoms with E-state index < -0.39 is 16.9 Å². The summed E-state index contributed by atoms with van der Waals surface area (Å²) in [6.45, 7) is 9.17. The summed E-state index contributed by atoms with van der Waals surface area (Å²) in [6, 6.07) is 2.02. The van der Waals surface area contributed by atoms with Crippen molar-refractivity contribution in [3.05, 3.63) is 17.3 Å². The SMILES string of the molecule is Cc1cc2c(NC(C)(C)C(C)(C)C(=O)O)ncnc2s1. The van der Waals surface area contributed by atoms with Gasteiger partial charge in [0.15, 0.2) is 0 Å². The summed E-state index contributed by atoms with van der Waals surface area (Å²) in [5.41, 5.74) is -1.59. The van der Waals surface area contributed by atoms with E-state index in [2.05, 4.69) is 15.3 Å². The molecule has 2 heterocycles. The molecule has 0 aliphatic carbocycles. The molecule has 0 saturated heterocycles. The van der Waals surface area contributed by atoms with E-state index in [4.69, 9.17) is 0 Å². The molecule has 108 valence electrons. The van der Waals surface area contributed by atoms with Crippen molar-refractivity contribution in [1.29, 1.82) is 0 Å². The monoisotopic (exact) mass is 293 g/mol. The van der Waals surface area contributed by atoms with Gasteiger partial charge in [-0.1, -0.05) is 0 Å². The Labute approximate surface area is 122 Å². The number of carboxylic acid groups (broad SMARTS) is 1. The van der Waals surface area contributed by atoms with Crippen molar-refractivity contribution in [2.45, 2.75) is 40.2 Å². The maximum Gasteiger partial charge on any atom is 0.311 e. The molecule has 5 nitrogen and oxygen atoms in total. The zero-order valence-corrected chi connectivity index (χ0v) is 13.1. The quantitative estimate of drug-likeness (QED) is 0.904. The third kappa shape index (κ3) is 2.35. The first kappa shape index (κ1) is 14.7. The molecular weight excluding hydrogens is 274 g/mol. The average Bonchev–Trinajstić information content (AvgIpc) is 2.69. The number of anilines is 1. The molecule has 2 N–H and O–H groups in total. The number of hydrogen-bond donors (Lipinski definition) is 2. The Bertz CT molecular complexity index is 661. The van der Waals surface area contributed by atoms with Gasteiger partial charge in [0.05, 0.1) is 10.8 Å². The maximum absolute atomic E-state index is 11.5. The van der Waals surface area contributed by atoms with Crippen molar-refractivity contribution < 1.29 is 9.90 Å². The van der Waals surface area contributed by atoms with Gasteiger partial charge in [0, 0.05) is 10.4 Å². The molecule has 2 aromatic rings. The molecule has 0 aromatic carbocycles. The van der Waals surface area contributed by atoms with Gasteiger partial charge in [0.2, 0.25) is 0 Å². The van der Waals surface area contributed by atoms with E-state index in [0.717, 1.165) is 15.1 Å². The van der Waals surface area contributed by atoms with Gasteiger partial charge in [-0.25, -0.2) is 9.97 Å². The van der Waals surface area contributed by atoms with Crippen LogP contribution in [0.3, 0.4) is 0 Å². The number of aromatic nitrogens is 2. The standard InChI is InChI=1S/C14H19N3O2S/c1-8-6-9-10(15-7-16-11(9)20-8)17-14(4,5)13(2,3)12(18)19/h6-7H,1-5H3,(H,18,19)(H,15,16,17). The number of nitrogens with zero attached hydrogens (tertiary/aromatic N) is 2. The lowest BCUT2D eigenvalue weighted by Gasteiger charge is -2.39. The number of carbonyl (C=O) groups is 1. The molecule has 0 saturated carbocycles. The fourth-order valence-electron chi connectivity index (χ4n) is 1.80. The lowest BCUT2D eigenvalue weighted by atomic mass is 9.74. The summed E-state index contributed by atoms with van der Waals surface area (Å²) in [5, 5.41) is 13.6. The van der Waals surface area contributed by atoms with E-state index in [0.29, 0.717) is 5.82 Å². The first-order valence-corrected chi connectivity index (χ1v) is 7.19. The van der Waals surface area contributed by atoms with Crippen LogP contribution in [0.5, 0.6) is 0 Å². The van der Waals surface area contributed by atoms with Crippen molar-refractivity contribution in [2.75, 3.05) is 5.32 Å². The summed E-state index contributed by atoms with van der Waals surface area (Å²) in [6.07, 6.45) is 1.50. The number of aliphatic carboxylic acids is 1. The van der Waals surface area contributed by atoms with Crippen molar-refractivity contribution in [3.63, 3.8) is 0 Å². The second kappa shape index (κ2) is 4.70. The molecular formula is C14H19N3O2S. The van der Waals surface area contributed by atoms with Crippen molar-refractivity contribution in [3.8, 4) is 0 Å². The van der Waals surface area contributed by atoms with E-state index in [1.54, 1.807) is 25.2 Å². The van der Waals surface area contributed by atoms with Crippen molar-refractivity contribution in [1.82, 2.24) is 9.97 Å². The van der Waals surface area contributed by atoms with Gasteiger partial charge in [-0.15, -0.1) is 11.3 Å². The van der Waals surface area contributed by atoms with E-state index >= 15 is 0 Å². The number of hydrogen-bond acceptors (Lipinski definition) is 5. The number of nitrogens with one attached hydrogen (secondary N) is 1. The highest BCUT2D eigenvalue weighted by Gasteiger charge is 2.43. The predicted octanol–water partition coefficient (Wildman–Crippen LogP) is 3.30. The number of carboxylic acids is 1. The molecule has 0 unspecified atom stereocenters. The van der Waals surface area contributed by atoms with Gasteiger partial charge in [0.25, 0.3) is 0 Å². The number of thiophene rings is 1. The first-order chi connectivity index (χ1) is 9.15. The van der Waals surface area contributed by atoms with Gasteiger partial charge in [-0.3, -0.25) is 4.79 Å². The normalized spacial score (nSPS) is 12.7. The van der Waals surface area contributed by atoms with Crippen molar-refractivity contribution >= 4 is 33.3 Å². The number of rotatable bonds is 4. The zero-order chi connectivity index (χ0) is 15.1. The molecule has 2 aromatic heterocycles. The van der Waals surface area contributed by atoms with E-state index in [1.165, 1.54) is 6.33 Å². The minimum absolute atomic E-state index is 0.657. The molecule has 0 aliphatic heterocycles. The second-order valence-corrected chi connectivity index (χ2v) is 7.21. The molecule has 0 radical (unpaired) electrons. The molecule has 0 spiro atoms. The van der Waals surface area contributed by atoms with E-state index in [-0.39, 0.29) is 0 Å². The highest BCUT2D eigenvalue weighted by Crippen LogP contribution is 2.36. The fraction of sp³-hybridized carbons (Fsp3) is 0.500. The van der Waals surface area contributed by atoms with Crippen LogP contribution in [0.25, 0.3) is 10.2 Å². The molecule has 20 heavy (non-hydrogen) atoms. The van der Waals surface area contributed by atoms with E-state index in [1.807, 2.05) is 26.8 Å². The molecule has 0 bridgehead atoms. The molecule has 6 heteroatoms. The average molecular weight is 293 g/mol. The Kier molecular flexibility index (Phi) is 3.46. The molecule has 2 rings (SSSR count). The summed E-state index contributed by atoms with van der Waals surface area (Å²) in [7, 11) is 0. The van der Waals surface area contributed by atoms with Gasteiger partial charge in [0.1, 0.15) is 17.0 Å². The van der Waals surface area contributed by atoms with Crippen LogP contribution in [0.4, 0.5) is 5.82 Å². The van der Waals surface area contributed by atoms with Crippen LogP contribution in [0, 0.1) is 12.3 Å². The topological polar surface area (TPSA) is 75.1 Å². The largest absolute Gasteiger partial charge is 0.481 e. The summed E-state index contributed by atoms with van der Waals surface area (Å²) < 4.78 is 0. The van der Waals surface area contributed by atoms with E-state index in [9.17, 15) is 9.90 Å². The number of fused-ring (bicyclic) bond motifs is 1. The molecule has 0 atom stereocenters. The summed E-state index contributed by atoms with van der Waals surface area (Å²) in [5.74, 6) is -0.166. The molecule has 0 aliphatic rings. The molecule has 0 fully saturated rings.